The maximum atomic E-state index is 12.3. The fourth-order valence-electron chi connectivity index (χ4n) is 3.16. The molecule has 7 nitrogen and oxygen atoms in total. The molecule has 0 saturated carbocycles. The molecule has 0 bridgehead atoms. The summed E-state index contributed by atoms with van der Waals surface area (Å²) in [4.78, 5) is 25.8. The second kappa shape index (κ2) is 10.9. The first-order chi connectivity index (χ1) is 15.3. The fourth-order valence-corrected chi connectivity index (χ4v) is 4.66. The number of hydrogen-bond donors (Lipinski definition) is 2. The molecule has 3 aromatic rings. The summed E-state index contributed by atoms with van der Waals surface area (Å²) < 4.78 is 4.96. The van der Waals surface area contributed by atoms with Gasteiger partial charge in [0.2, 0.25) is 0 Å². The second-order valence-electron chi connectivity index (χ2n) is 7.71. The van der Waals surface area contributed by atoms with Gasteiger partial charge in [0.15, 0.2) is 5.13 Å². The Morgan fingerprint density at radius 3 is 2.53 bits per heavy atom. The van der Waals surface area contributed by atoms with Crippen LogP contribution in [0, 0.1) is 11.8 Å². The van der Waals surface area contributed by atoms with E-state index >= 15 is 0 Å². The van der Waals surface area contributed by atoms with Crippen molar-refractivity contribution in [2.45, 2.75) is 26.7 Å². The second-order valence-corrected chi connectivity index (χ2v) is 9.61. The van der Waals surface area contributed by atoms with Gasteiger partial charge in [0, 0.05) is 29.4 Å². The lowest BCUT2D eigenvalue weighted by molar-refractivity contribution is -0.144. The van der Waals surface area contributed by atoms with Gasteiger partial charge in [0.1, 0.15) is 0 Å². The highest BCUT2D eigenvalue weighted by molar-refractivity contribution is 7.16. The molecule has 2 aromatic heterocycles. The first-order valence-corrected chi connectivity index (χ1v) is 11.6. The summed E-state index contributed by atoms with van der Waals surface area (Å²) in [6, 6.07) is 5.17. The third-order valence-electron chi connectivity index (χ3n) is 4.69. The first-order valence-electron chi connectivity index (χ1n) is 10.0. The van der Waals surface area contributed by atoms with Crippen molar-refractivity contribution in [2.75, 3.05) is 19.0 Å². The van der Waals surface area contributed by atoms with E-state index in [4.69, 9.17) is 32.9 Å². The predicted octanol–water partition coefficient (Wildman–Crippen LogP) is 5.25. The monoisotopic (exact) mass is 494 g/mol. The molecule has 2 N–H and O–H groups in total. The van der Waals surface area contributed by atoms with Crippen molar-refractivity contribution in [3.8, 4) is 17.3 Å². The zero-order chi connectivity index (χ0) is 23.3. The Morgan fingerprint density at radius 2 is 1.91 bits per heavy atom. The number of esters is 1. The zero-order valence-corrected chi connectivity index (χ0v) is 20.3. The number of nitrogens with zero attached hydrogens (tertiary/aromatic N) is 3. The lowest BCUT2D eigenvalue weighted by atomic mass is 10.0. The van der Waals surface area contributed by atoms with Crippen LogP contribution in [0.2, 0.25) is 10.0 Å². The van der Waals surface area contributed by atoms with Gasteiger partial charge in [-0.1, -0.05) is 43.1 Å². The Labute approximate surface area is 200 Å². The molecular formula is C22H24Cl2N4O3S. The van der Waals surface area contributed by atoms with Crippen LogP contribution in [0.4, 0.5) is 5.13 Å². The predicted molar refractivity (Wildman–Crippen MR) is 128 cm³/mol. The highest BCUT2D eigenvalue weighted by atomic mass is 35.5. The molecule has 1 atom stereocenters. The standard InChI is InChI=1S/C22H24Cl2N4O3S/c1-12(2)6-18-19(14-4-5-16(23)17(24)8-14)28-22(32-18)27-11-15(20(29)31-3)7-13-9-25-21(30)26-10-13/h4-5,8-10,12,15H,6-7,11H2,1-3H3,(H,27,28)(H,25,26,30). The first kappa shape index (κ1) is 24.2. The van der Waals surface area contributed by atoms with E-state index in [0.717, 1.165) is 28.1 Å². The molecule has 170 valence electrons. The minimum absolute atomic E-state index is 0.309. The number of aromatic nitrogens is 3. The molecular weight excluding hydrogens is 471 g/mol. The topological polar surface area (TPSA) is 97.2 Å². The quantitative estimate of drug-likeness (QED) is 0.391. The smallest absolute Gasteiger partial charge is 0.313 e. The Morgan fingerprint density at radius 1 is 1.19 bits per heavy atom. The number of ether oxygens (including phenoxy) is 1. The number of halogens is 2. The molecule has 0 saturated heterocycles. The molecule has 1 unspecified atom stereocenters. The molecule has 1 aromatic carbocycles. The van der Waals surface area contributed by atoms with Crippen LogP contribution < -0.4 is 5.32 Å². The zero-order valence-electron chi connectivity index (χ0n) is 17.9. The fraction of sp³-hybridized carbons (Fsp3) is 0.364. The highest BCUT2D eigenvalue weighted by Gasteiger charge is 2.22. The van der Waals surface area contributed by atoms with E-state index in [0.29, 0.717) is 34.1 Å². The van der Waals surface area contributed by atoms with Gasteiger partial charge in [-0.15, -0.1) is 11.3 Å². The number of methoxy groups -OCH3 is 1. The SMILES string of the molecule is COC(=O)C(CNc1nc(-c2ccc(Cl)c(Cl)c2)c(CC(C)C)s1)Cc1cnc(O)nc1. The van der Waals surface area contributed by atoms with E-state index in [1.54, 1.807) is 17.4 Å². The van der Waals surface area contributed by atoms with Gasteiger partial charge in [-0.2, -0.15) is 0 Å². The lowest BCUT2D eigenvalue weighted by Gasteiger charge is -2.14. The summed E-state index contributed by atoms with van der Waals surface area (Å²) in [7, 11) is 1.36. The van der Waals surface area contributed by atoms with Gasteiger partial charge >= 0.3 is 12.0 Å². The molecule has 0 radical (unpaired) electrons. The summed E-state index contributed by atoms with van der Waals surface area (Å²) >= 11 is 13.8. The summed E-state index contributed by atoms with van der Waals surface area (Å²) in [5, 5.41) is 14.2. The van der Waals surface area contributed by atoms with Gasteiger partial charge in [0.25, 0.3) is 0 Å². The number of anilines is 1. The summed E-state index contributed by atoms with van der Waals surface area (Å²) in [6.07, 6.45) is 4.21. The molecule has 0 aliphatic carbocycles. The third kappa shape index (κ3) is 6.31. The van der Waals surface area contributed by atoms with E-state index in [-0.39, 0.29) is 12.0 Å². The third-order valence-corrected chi connectivity index (χ3v) is 6.47. The highest BCUT2D eigenvalue weighted by Crippen LogP contribution is 2.35. The Hall–Kier alpha value is -2.42. The van der Waals surface area contributed by atoms with E-state index in [1.165, 1.54) is 19.5 Å². The Balaban J connectivity index is 1.81. The molecule has 0 spiro atoms. The van der Waals surface area contributed by atoms with Crippen LogP contribution in [0.1, 0.15) is 24.3 Å². The number of thiazole rings is 1. The van der Waals surface area contributed by atoms with Gasteiger partial charge in [0.05, 0.1) is 28.8 Å². The largest absolute Gasteiger partial charge is 0.479 e. The number of nitrogens with one attached hydrogen (secondary N) is 1. The molecule has 0 fully saturated rings. The van der Waals surface area contributed by atoms with Gasteiger partial charge in [-0.05, 0) is 36.5 Å². The van der Waals surface area contributed by atoms with E-state index in [9.17, 15) is 9.90 Å². The number of aromatic hydroxyl groups is 1. The van der Waals surface area contributed by atoms with Crippen LogP contribution >= 0.6 is 34.5 Å². The maximum absolute atomic E-state index is 12.3. The lowest BCUT2D eigenvalue weighted by Crippen LogP contribution is -2.26. The van der Waals surface area contributed by atoms with Crippen LogP contribution in [0.3, 0.4) is 0 Å². The summed E-state index contributed by atoms with van der Waals surface area (Å²) in [6.45, 7) is 4.62. The maximum Gasteiger partial charge on any atom is 0.313 e. The van der Waals surface area contributed by atoms with Gasteiger partial charge < -0.3 is 15.2 Å². The van der Waals surface area contributed by atoms with Crippen molar-refractivity contribution >= 4 is 45.6 Å². The number of carbonyl (C=O) groups excluding carboxylic acids is 1. The molecule has 10 heteroatoms. The normalized spacial score (nSPS) is 12.1. The van der Waals surface area contributed by atoms with Crippen LogP contribution in [0.25, 0.3) is 11.3 Å². The minimum Gasteiger partial charge on any atom is -0.479 e. The number of benzene rings is 1. The van der Waals surface area contributed by atoms with Crippen molar-refractivity contribution in [2.24, 2.45) is 11.8 Å². The van der Waals surface area contributed by atoms with E-state index < -0.39 is 5.92 Å². The Kier molecular flexibility index (Phi) is 8.28. The molecule has 3 rings (SSSR count). The van der Waals surface area contributed by atoms with Gasteiger partial charge in [-0.25, -0.2) is 15.0 Å². The van der Waals surface area contributed by atoms with Crippen LogP contribution in [0.15, 0.2) is 30.6 Å². The molecule has 0 amide bonds. The number of hydrogen-bond acceptors (Lipinski definition) is 8. The molecule has 0 aliphatic heterocycles. The molecule has 0 aliphatic rings. The van der Waals surface area contributed by atoms with E-state index in [2.05, 4.69) is 29.1 Å². The van der Waals surface area contributed by atoms with Crippen molar-refractivity contribution < 1.29 is 14.6 Å². The van der Waals surface area contributed by atoms with Gasteiger partial charge in [-0.3, -0.25) is 4.79 Å². The minimum atomic E-state index is -0.473. The van der Waals surface area contributed by atoms with Crippen LogP contribution in [0.5, 0.6) is 6.01 Å². The van der Waals surface area contributed by atoms with Crippen molar-refractivity contribution in [3.63, 3.8) is 0 Å². The average Bonchev–Trinajstić information content (AvgIpc) is 3.15. The van der Waals surface area contributed by atoms with Crippen molar-refractivity contribution in [1.29, 1.82) is 0 Å². The van der Waals surface area contributed by atoms with Crippen LogP contribution in [-0.4, -0.2) is 39.7 Å². The molecule has 32 heavy (non-hydrogen) atoms. The number of carbonyl (C=O) groups is 1. The van der Waals surface area contributed by atoms with Crippen molar-refractivity contribution in [3.05, 3.63) is 51.1 Å². The average molecular weight is 495 g/mol. The van der Waals surface area contributed by atoms with Crippen LogP contribution in [-0.2, 0) is 22.4 Å². The summed E-state index contributed by atoms with van der Waals surface area (Å²) in [5.41, 5.74) is 2.47. The Bertz CT molecular complexity index is 1070. The number of rotatable bonds is 9. The summed E-state index contributed by atoms with van der Waals surface area (Å²) in [5.74, 6) is -0.379. The molecule has 2 heterocycles. The van der Waals surface area contributed by atoms with Crippen molar-refractivity contribution in [1.82, 2.24) is 15.0 Å². The van der Waals surface area contributed by atoms with E-state index in [1.807, 2.05) is 12.1 Å².